The lowest BCUT2D eigenvalue weighted by Crippen LogP contribution is -2.22. The van der Waals surface area contributed by atoms with Crippen LogP contribution in [0.25, 0.3) is 0 Å². The lowest BCUT2D eigenvalue weighted by molar-refractivity contribution is -0.385. The van der Waals surface area contributed by atoms with Crippen LogP contribution in [0.15, 0.2) is 36.4 Å². The Morgan fingerprint density at radius 1 is 0.893 bits per heavy atom. The van der Waals surface area contributed by atoms with Crippen LogP contribution in [0.1, 0.15) is 20.7 Å². The number of nitro groups is 2. The van der Waals surface area contributed by atoms with Crippen molar-refractivity contribution in [3.05, 3.63) is 77.8 Å². The molecular weight excluding hydrogens is 417 g/mol. The molecule has 1 amide bonds. The number of aromatic carboxylic acids is 1. The molecule has 0 fully saturated rings. The van der Waals surface area contributed by atoms with Crippen molar-refractivity contribution in [3.8, 4) is 0 Å². The number of nitro benzene ring substituents is 2. The van der Waals surface area contributed by atoms with Crippen molar-refractivity contribution in [2.45, 2.75) is 0 Å². The summed E-state index contributed by atoms with van der Waals surface area (Å²) in [4.78, 5) is 43.0. The quantitative estimate of drug-likeness (QED) is 0.572. The molecule has 2 rings (SSSR count). The maximum Gasteiger partial charge on any atom is 0.342 e. The van der Waals surface area contributed by atoms with E-state index in [-0.39, 0.29) is 16.3 Å². The van der Waals surface area contributed by atoms with Gasteiger partial charge in [0.2, 0.25) is 0 Å². The van der Waals surface area contributed by atoms with E-state index in [9.17, 15) is 29.8 Å². The number of halogens is 2. The number of carbonyl (C=O) groups excluding carboxylic acids is 1. The molecule has 0 atom stereocenters. The second-order valence-electron chi connectivity index (χ2n) is 5.34. The van der Waals surface area contributed by atoms with Gasteiger partial charge in [-0.25, -0.2) is 4.79 Å². The number of hydrogen-bond acceptors (Lipinski definition) is 6. The fourth-order valence-electron chi connectivity index (χ4n) is 1.92. The van der Waals surface area contributed by atoms with Crippen LogP contribution in [0.4, 0.5) is 11.4 Å². The number of carboxylic acids is 1. The van der Waals surface area contributed by atoms with Gasteiger partial charge in [-0.3, -0.25) is 25.0 Å². The molecule has 2 aromatic carbocycles. The van der Waals surface area contributed by atoms with Gasteiger partial charge in [0.05, 0.1) is 9.85 Å². The molecule has 0 bridgehead atoms. The van der Waals surface area contributed by atoms with Gasteiger partial charge in [-0.1, -0.05) is 23.2 Å². The second-order valence-corrected chi connectivity index (χ2v) is 6.21. The zero-order chi connectivity index (χ0) is 21.6. The topological polar surface area (TPSA) is 144 Å². The SMILES string of the molecule is CN(C)C(=O)c1cc(Cl)ccc1[N+](=O)[O-].O=C(O)c1cc(Cl)ccc1[N+](=O)[O-]. The number of hydrogen-bond donors (Lipinski definition) is 1. The smallest absolute Gasteiger partial charge is 0.342 e. The Balaban J connectivity index is 0.000000283. The van der Waals surface area contributed by atoms with Gasteiger partial charge in [0.25, 0.3) is 17.3 Å². The number of rotatable bonds is 4. The van der Waals surface area contributed by atoms with E-state index in [1.54, 1.807) is 0 Å². The lowest BCUT2D eigenvalue weighted by atomic mass is 10.1. The van der Waals surface area contributed by atoms with E-state index >= 15 is 0 Å². The summed E-state index contributed by atoms with van der Waals surface area (Å²) in [6.45, 7) is 0. The highest BCUT2D eigenvalue weighted by molar-refractivity contribution is 6.31. The fourth-order valence-corrected chi connectivity index (χ4v) is 2.26. The van der Waals surface area contributed by atoms with Crippen LogP contribution in [0.3, 0.4) is 0 Å². The van der Waals surface area contributed by atoms with Crippen molar-refractivity contribution >= 4 is 46.5 Å². The van der Waals surface area contributed by atoms with Crippen molar-refractivity contribution in [1.29, 1.82) is 0 Å². The first-order chi connectivity index (χ1) is 13.0. The van der Waals surface area contributed by atoms with Crippen LogP contribution >= 0.6 is 23.2 Å². The van der Waals surface area contributed by atoms with Gasteiger partial charge in [-0.05, 0) is 24.3 Å². The molecule has 0 aliphatic heterocycles. The van der Waals surface area contributed by atoms with E-state index in [4.69, 9.17) is 28.3 Å². The molecule has 0 heterocycles. The fraction of sp³-hybridized carbons (Fsp3) is 0.125. The van der Waals surface area contributed by atoms with Gasteiger partial charge in [0.1, 0.15) is 11.1 Å². The van der Waals surface area contributed by atoms with Crippen molar-refractivity contribution in [3.63, 3.8) is 0 Å². The first kappa shape index (κ1) is 22.8. The second kappa shape index (κ2) is 9.62. The number of benzene rings is 2. The van der Waals surface area contributed by atoms with Gasteiger partial charge >= 0.3 is 5.97 Å². The lowest BCUT2D eigenvalue weighted by Gasteiger charge is -2.10. The number of amides is 1. The third kappa shape index (κ3) is 5.89. The zero-order valence-corrected chi connectivity index (χ0v) is 16.0. The van der Waals surface area contributed by atoms with Crippen molar-refractivity contribution in [2.24, 2.45) is 0 Å². The van der Waals surface area contributed by atoms with E-state index in [0.29, 0.717) is 5.02 Å². The van der Waals surface area contributed by atoms with E-state index in [2.05, 4.69) is 0 Å². The van der Waals surface area contributed by atoms with Crippen LogP contribution in [-0.4, -0.2) is 45.8 Å². The molecule has 148 valence electrons. The van der Waals surface area contributed by atoms with Gasteiger partial charge in [0.15, 0.2) is 0 Å². The van der Waals surface area contributed by atoms with E-state index in [1.807, 2.05) is 0 Å². The summed E-state index contributed by atoms with van der Waals surface area (Å²) in [6, 6.07) is 7.27. The maximum atomic E-state index is 11.6. The Morgan fingerprint density at radius 2 is 1.29 bits per heavy atom. The first-order valence-electron chi connectivity index (χ1n) is 7.28. The largest absolute Gasteiger partial charge is 0.477 e. The highest BCUT2D eigenvalue weighted by Crippen LogP contribution is 2.24. The Kier molecular flexibility index (Phi) is 7.84. The molecule has 28 heavy (non-hydrogen) atoms. The Bertz CT molecular complexity index is 948. The minimum absolute atomic E-state index is 0.00231. The molecule has 0 spiro atoms. The third-order valence-corrected chi connectivity index (χ3v) is 3.65. The first-order valence-corrected chi connectivity index (χ1v) is 8.04. The molecule has 0 saturated carbocycles. The van der Waals surface area contributed by atoms with Gasteiger partial charge < -0.3 is 10.0 Å². The van der Waals surface area contributed by atoms with E-state index in [0.717, 1.165) is 12.1 Å². The van der Waals surface area contributed by atoms with E-state index < -0.39 is 33.0 Å². The molecule has 0 radical (unpaired) electrons. The molecule has 2 aromatic rings. The summed E-state index contributed by atoms with van der Waals surface area (Å²) < 4.78 is 0. The van der Waals surface area contributed by atoms with Gasteiger partial charge in [0, 0.05) is 36.3 Å². The van der Waals surface area contributed by atoms with Crippen molar-refractivity contribution < 1.29 is 24.5 Å². The maximum absolute atomic E-state index is 11.6. The highest BCUT2D eigenvalue weighted by Gasteiger charge is 2.21. The molecule has 0 aliphatic carbocycles. The average molecular weight is 430 g/mol. The molecule has 0 unspecified atom stereocenters. The van der Waals surface area contributed by atoms with Crippen LogP contribution in [0.5, 0.6) is 0 Å². The summed E-state index contributed by atoms with van der Waals surface area (Å²) in [6.07, 6.45) is 0. The summed E-state index contributed by atoms with van der Waals surface area (Å²) in [5.41, 5.74) is -1.11. The highest BCUT2D eigenvalue weighted by atomic mass is 35.5. The minimum Gasteiger partial charge on any atom is -0.477 e. The number of carbonyl (C=O) groups is 2. The third-order valence-electron chi connectivity index (χ3n) is 3.18. The van der Waals surface area contributed by atoms with Crippen LogP contribution in [0, 0.1) is 20.2 Å². The normalized spacial score (nSPS) is 9.71. The Morgan fingerprint density at radius 3 is 1.64 bits per heavy atom. The summed E-state index contributed by atoms with van der Waals surface area (Å²) in [7, 11) is 3.04. The summed E-state index contributed by atoms with van der Waals surface area (Å²) >= 11 is 11.2. The average Bonchev–Trinajstić information content (AvgIpc) is 2.60. The summed E-state index contributed by atoms with van der Waals surface area (Å²) in [5.74, 6) is -1.81. The van der Waals surface area contributed by atoms with Gasteiger partial charge in [-0.2, -0.15) is 0 Å². The molecule has 10 nitrogen and oxygen atoms in total. The van der Waals surface area contributed by atoms with Crippen LogP contribution < -0.4 is 0 Å². The molecule has 0 saturated heterocycles. The monoisotopic (exact) mass is 429 g/mol. The number of nitrogens with zero attached hydrogens (tertiary/aromatic N) is 3. The van der Waals surface area contributed by atoms with Crippen LogP contribution in [-0.2, 0) is 0 Å². The Labute approximate surface area is 168 Å². The van der Waals surface area contributed by atoms with Crippen molar-refractivity contribution in [2.75, 3.05) is 14.1 Å². The minimum atomic E-state index is -1.37. The van der Waals surface area contributed by atoms with Gasteiger partial charge in [-0.15, -0.1) is 0 Å². The predicted molar refractivity (Wildman–Crippen MR) is 101 cm³/mol. The van der Waals surface area contributed by atoms with Crippen LogP contribution in [0.2, 0.25) is 10.0 Å². The Hall–Kier alpha value is -3.24. The predicted octanol–water partition coefficient (Wildman–Crippen LogP) is 3.90. The molecule has 0 aromatic heterocycles. The van der Waals surface area contributed by atoms with Crippen molar-refractivity contribution in [1.82, 2.24) is 4.90 Å². The standard InChI is InChI=1S/C9H9ClN2O3.C7H4ClNO4/c1-11(2)9(13)7-5-6(10)3-4-8(7)12(14)15;8-4-1-2-6(9(12)13)5(3-4)7(10)11/h3-5H,1-2H3;1-3H,(H,10,11). The number of carboxylic acid groups (broad SMARTS) is 1. The molecular formula is C16H13Cl2N3O7. The van der Waals surface area contributed by atoms with E-state index in [1.165, 1.54) is 43.3 Å². The molecule has 12 heteroatoms. The molecule has 0 aliphatic rings. The zero-order valence-electron chi connectivity index (χ0n) is 14.5. The molecule has 1 N–H and O–H groups in total. The summed E-state index contributed by atoms with van der Waals surface area (Å²) in [5, 5.41) is 30.0.